The number of likely N-dealkylation sites (tertiary alicyclic amines) is 1. The molecule has 3 N–H and O–H groups in total. The summed E-state index contributed by atoms with van der Waals surface area (Å²) >= 11 is 0. The molecule has 1 saturated carbocycles. The van der Waals surface area contributed by atoms with Gasteiger partial charge in [-0.25, -0.2) is 4.79 Å². The molecule has 7 heteroatoms. The highest BCUT2D eigenvalue weighted by Crippen LogP contribution is 2.48. The fourth-order valence-electron chi connectivity index (χ4n) is 4.16. The van der Waals surface area contributed by atoms with E-state index >= 15 is 0 Å². The Bertz CT molecular complexity index is 523. The van der Waals surface area contributed by atoms with Crippen LogP contribution in [0.3, 0.4) is 0 Å². The van der Waals surface area contributed by atoms with Crippen LogP contribution in [0.4, 0.5) is 4.79 Å². The Labute approximate surface area is 129 Å². The molecule has 3 fully saturated rings. The number of carboxylic acids is 1. The second-order valence-electron chi connectivity index (χ2n) is 7.20. The number of carbonyl (C=O) groups excluding carboxylic acids is 2. The third-order valence-corrected chi connectivity index (χ3v) is 5.56. The molecule has 3 amide bonds. The topological polar surface area (TPSA) is 98.7 Å². The lowest BCUT2D eigenvalue weighted by Crippen LogP contribution is -2.51. The Morgan fingerprint density at radius 2 is 2.23 bits per heavy atom. The zero-order valence-corrected chi connectivity index (χ0v) is 12.9. The summed E-state index contributed by atoms with van der Waals surface area (Å²) in [6.45, 7) is 3.09. The van der Waals surface area contributed by atoms with E-state index in [1.54, 1.807) is 4.90 Å². The Hall–Kier alpha value is -1.79. The van der Waals surface area contributed by atoms with Crippen LogP contribution in [0.25, 0.3) is 0 Å². The van der Waals surface area contributed by atoms with E-state index in [0.717, 1.165) is 12.8 Å². The van der Waals surface area contributed by atoms with Crippen molar-refractivity contribution in [2.24, 2.45) is 11.3 Å². The van der Waals surface area contributed by atoms with Gasteiger partial charge in [0.15, 0.2) is 0 Å². The zero-order chi connectivity index (χ0) is 16.0. The first-order valence-electron chi connectivity index (χ1n) is 7.92. The van der Waals surface area contributed by atoms with Crippen LogP contribution in [0.2, 0.25) is 0 Å². The minimum Gasteiger partial charge on any atom is -0.481 e. The molecular weight excluding hydrogens is 286 g/mol. The van der Waals surface area contributed by atoms with Crippen LogP contribution >= 0.6 is 0 Å². The number of carboxylic acid groups (broad SMARTS) is 1. The summed E-state index contributed by atoms with van der Waals surface area (Å²) < 4.78 is 0. The summed E-state index contributed by atoms with van der Waals surface area (Å²) in [6, 6.07) is -0.225. The molecule has 1 aliphatic carbocycles. The maximum absolute atomic E-state index is 12.3. The minimum atomic E-state index is -0.777. The molecular formula is C15H23N3O4. The molecule has 0 radical (unpaired) electrons. The van der Waals surface area contributed by atoms with Crippen LogP contribution in [-0.4, -0.2) is 53.1 Å². The van der Waals surface area contributed by atoms with Crippen LogP contribution in [0.15, 0.2) is 0 Å². The van der Waals surface area contributed by atoms with Gasteiger partial charge >= 0.3 is 12.0 Å². The summed E-state index contributed by atoms with van der Waals surface area (Å²) in [4.78, 5) is 36.9. The average Bonchev–Trinajstić information content (AvgIpc) is 3.09. The lowest BCUT2D eigenvalue weighted by molar-refractivity contribution is -0.149. The van der Waals surface area contributed by atoms with Gasteiger partial charge in [-0.1, -0.05) is 6.42 Å². The van der Waals surface area contributed by atoms with Crippen LogP contribution in [-0.2, 0) is 9.59 Å². The van der Waals surface area contributed by atoms with E-state index in [2.05, 4.69) is 10.6 Å². The van der Waals surface area contributed by atoms with Crippen molar-refractivity contribution in [2.75, 3.05) is 19.6 Å². The molecule has 3 rings (SSSR count). The highest BCUT2D eigenvalue weighted by Gasteiger charge is 2.55. The first-order chi connectivity index (χ1) is 10.3. The van der Waals surface area contributed by atoms with Crippen molar-refractivity contribution in [3.63, 3.8) is 0 Å². The van der Waals surface area contributed by atoms with Crippen molar-refractivity contribution in [3.8, 4) is 0 Å². The van der Waals surface area contributed by atoms with Gasteiger partial charge in [-0.3, -0.25) is 9.59 Å². The maximum atomic E-state index is 12.3. The highest BCUT2D eigenvalue weighted by atomic mass is 16.4. The number of urea groups is 1. The van der Waals surface area contributed by atoms with Gasteiger partial charge in [0, 0.05) is 26.1 Å². The van der Waals surface area contributed by atoms with Gasteiger partial charge in [0.2, 0.25) is 5.91 Å². The lowest BCUT2D eigenvalue weighted by atomic mass is 9.81. The summed E-state index contributed by atoms with van der Waals surface area (Å²) in [5, 5.41) is 15.3. The van der Waals surface area contributed by atoms with Crippen LogP contribution in [0.5, 0.6) is 0 Å². The Balaban J connectivity index is 1.58. The van der Waals surface area contributed by atoms with E-state index in [1.165, 1.54) is 0 Å². The lowest BCUT2D eigenvalue weighted by Gasteiger charge is -2.27. The molecule has 0 bridgehead atoms. The van der Waals surface area contributed by atoms with Crippen molar-refractivity contribution in [3.05, 3.63) is 0 Å². The zero-order valence-electron chi connectivity index (χ0n) is 12.9. The second kappa shape index (κ2) is 5.14. The number of carbonyl (C=O) groups is 3. The van der Waals surface area contributed by atoms with Gasteiger partial charge < -0.3 is 20.6 Å². The van der Waals surface area contributed by atoms with Gasteiger partial charge in [0.05, 0.1) is 11.0 Å². The number of rotatable bonds is 3. The molecule has 0 aromatic heterocycles. The number of nitrogens with one attached hydrogen (secondary N) is 2. The summed E-state index contributed by atoms with van der Waals surface area (Å²) in [5.74, 6) is -0.699. The van der Waals surface area contributed by atoms with Gasteiger partial charge in [-0.05, 0) is 32.1 Å². The second-order valence-corrected chi connectivity index (χ2v) is 7.20. The predicted octanol–water partition coefficient (Wildman–Crippen LogP) is 0.551. The molecule has 0 spiro atoms. The molecule has 0 aromatic rings. The fourth-order valence-corrected chi connectivity index (χ4v) is 4.16. The first kappa shape index (κ1) is 15.1. The summed E-state index contributed by atoms with van der Waals surface area (Å²) in [5.41, 5.74) is -1.14. The number of aliphatic carboxylic acids is 1. The van der Waals surface area contributed by atoms with E-state index in [-0.39, 0.29) is 17.9 Å². The van der Waals surface area contributed by atoms with Gasteiger partial charge in [0.1, 0.15) is 0 Å². The van der Waals surface area contributed by atoms with Crippen molar-refractivity contribution in [2.45, 2.75) is 44.6 Å². The van der Waals surface area contributed by atoms with Crippen LogP contribution in [0.1, 0.15) is 39.0 Å². The fraction of sp³-hybridized carbons (Fsp3) is 0.800. The molecule has 2 heterocycles. The number of hydrogen-bond acceptors (Lipinski definition) is 3. The SMILES string of the molecule is CC1(CNC(=O)N2C[C@@H]3CCC[C@@]3(C(=O)O)C2)CCC(=O)N1. The quantitative estimate of drug-likeness (QED) is 0.709. The molecule has 22 heavy (non-hydrogen) atoms. The van der Waals surface area contributed by atoms with E-state index < -0.39 is 16.9 Å². The number of hydrogen-bond donors (Lipinski definition) is 3. The molecule has 0 aromatic carbocycles. The van der Waals surface area contributed by atoms with E-state index in [4.69, 9.17) is 0 Å². The van der Waals surface area contributed by atoms with Crippen LogP contribution < -0.4 is 10.6 Å². The molecule has 1 unspecified atom stereocenters. The summed E-state index contributed by atoms with van der Waals surface area (Å²) in [6.07, 6.45) is 3.65. The van der Waals surface area contributed by atoms with E-state index in [9.17, 15) is 19.5 Å². The highest BCUT2D eigenvalue weighted by molar-refractivity contribution is 5.81. The predicted molar refractivity (Wildman–Crippen MR) is 78.2 cm³/mol. The van der Waals surface area contributed by atoms with Gasteiger partial charge in [0.25, 0.3) is 0 Å². The third-order valence-electron chi connectivity index (χ3n) is 5.56. The Morgan fingerprint density at radius 1 is 1.45 bits per heavy atom. The third kappa shape index (κ3) is 2.42. The summed E-state index contributed by atoms with van der Waals surface area (Å²) in [7, 11) is 0. The Kier molecular flexibility index (Phi) is 3.53. The first-order valence-corrected chi connectivity index (χ1v) is 7.92. The van der Waals surface area contributed by atoms with Crippen molar-refractivity contribution in [1.29, 1.82) is 0 Å². The molecule has 3 atom stereocenters. The van der Waals surface area contributed by atoms with Gasteiger partial charge in [-0.2, -0.15) is 0 Å². The van der Waals surface area contributed by atoms with E-state index in [1.807, 2.05) is 6.92 Å². The molecule has 3 aliphatic rings. The van der Waals surface area contributed by atoms with Crippen molar-refractivity contribution >= 4 is 17.9 Å². The maximum Gasteiger partial charge on any atom is 0.317 e. The standard InChI is InChI=1S/C15H23N3O4/c1-14(6-4-11(19)17-14)8-16-13(22)18-7-10-3-2-5-15(10,9-18)12(20)21/h10H,2-9H2,1H3,(H,16,22)(H,17,19)(H,20,21)/t10-,14?,15+/m0/s1. The largest absolute Gasteiger partial charge is 0.481 e. The minimum absolute atomic E-state index is 0.0114. The van der Waals surface area contributed by atoms with Crippen molar-refractivity contribution in [1.82, 2.24) is 15.5 Å². The average molecular weight is 309 g/mol. The molecule has 122 valence electrons. The molecule has 2 saturated heterocycles. The molecule has 7 nitrogen and oxygen atoms in total. The van der Waals surface area contributed by atoms with Crippen LogP contribution in [0, 0.1) is 11.3 Å². The smallest absolute Gasteiger partial charge is 0.317 e. The number of amides is 3. The Morgan fingerprint density at radius 3 is 2.82 bits per heavy atom. The van der Waals surface area contributed by atoms with Crippen molar-refractivity contribution < 1.29 is 19.5 Å². The number of nitrogens with zero attached hydrogens (tertiary/aromatic N) is 1. The van der Waals surface area contributed by atoms with Gasteiger partial charge in [-0.15, -0.1) is 0 Å². The van der Waals surface area contributed by atoms with E-state index in [0.29, 0.717) is 38.9 Å². The molecule has 2 aliphatic heterocycles. The monoisotopic (exact) mass is 309 g/mol. The normalized spacial score (nSPS) is 37.0. The number of fused-ring (bicyclic) bond motifs is 1.